The van der Waals surface area contributed by atoms with Gasteiger partial charge >= 0.3 is 0 Å². The van der Waals surface area contributed by atoms with Crippen LogP contribution >= 0.6 is 17.2 Å². The second-order valence-corrected chi connectivity index (χ2v) is 13.4. The summed E-state index contributed by atoms with van der Waals surface area (Å²) in [6, 6.07) is 20.0. The van der Waals surface area contributed by atoms with Gasteiger partial charge in [-0.15, -0.1) is 0 Å². The van der Waals surface area contributed by atoms with Gasteiger partial charge in [-0.3, -0.25) is 0 Å². The minimum atomic E-state index is 0. The minimum Gasteiger partial charge on any atom is -0.214 e. The summed E-state index contributed by atoms with van der Waals surface area (Å²) in [5.74, 6) is 0. The van der Waals surface area contributed by atoms with Crippen LogP contribution < -0.4 is 0 Å². The van der Waals surface area contributed by atoms with Crippen LogP contribution in [-0.2, 0) is 33.6 Å². The van der Waals surface area contributed by atoms with Crippen LogP contribution in [0.1, 0.15) is 55.4 Å². The molecule has 0 aliphatic heterocycles. The molecule has 0 atom stereocenters. The van der Waals surface area contributed by atoms with E-state index in [0.29, 0.717) is 17.2 Å². The van der Waals surface area contributed by atoms with E-state index in [1.54, 1.807) is 0 Å². The molecule has 2 rings (SSSR count). The van der Waals surface area contributed by atoms with Gasteiger partial charge in [0.2, 0.25) is 0 Å². The van der Waals surface area contributed by atoms with Crippen LogP contribution in [0.5, 0.6) is 0 Å². The molecule has 0 spiro atoms. The maximum atomic E-state index is 2.30. The van der Waals surface area contributed by atoms with Crippen LogP contribution in [-0.4, -0.2) is 22.6 Å². The average Bonchev–Trinajstić information content (AvgIpc) is 3.16. The van der Waals surface area contributed by atoms with Crippen molar-refractivity contribution >= 4 is 17.2 Å². The normalized spacial score (nSPS) is 9.08. The van der Waals surface area contributed by atoms with Gasteiger partial charge in [0, 0.05) is 33.6 Å². The third kappa shape index (κ3) is 39.6. The van der Waals surface area contributed by atoms with Gasteiger partial charge in [0.1, 0.15) is 0 Å². The van der Waals surface area contributed by atoms with Crippen LogP contribution in [0.2, 0.25) is 0 Å². The van der Waals surface area contributed by atoms with Crippen molar-refractivity contribution in [2.75, 3.05) is 0 Å². The summed E-state index contributed by atoms with van der Waals surface area (Å²) in [6.07, 6.45) is 0. The zero-order chi connectivity index (χ0) is 18.8. The molecule has 0 aliphatic rings. The van der Waals surface area contributed by atoms with E-state index in [1.165, 1.54) is 0 Å². The van der Waals surface area contributed by atoms with E-state index in [4.69, 9.17) is 0 Å². The summed E-state index contributed by atoms with van der Waals surface area (Å²) >= 11 is 0. The smallest absolute Gasteiger partial charge is 0.0599 e. The van der Waals surface area contributed by atoms with E-state index >= 15 is 0 Å². The van der Waals surface area contributed by atoms with Gasteiger partial charge in [0.05, 0.1) is 22.6 Å². The second-order valence-electron chi connectivity index (χ2n) is 7.29. The Morgan fingerprint density at radius 3 is 0.692 bits per heavy atom. The van der Waals surface area contributed by atoms with Gasteiger partial charge in [-0.1, -0.05) is 0 Å². The quantitative estimate of drug-likeness (QED) is 0.316. The average molecular weight is 486 g/mol. The molecule has 0 aromatic heterocycles. The van der Waals surface area contributed by atoms with Crippen LogP contribution in [0.15, 0.2) is 60.7 Å². The second kappa shape index (κ2) is 25.6. The molecule has 2 aromatic carbocycles. The summed E-state index contributed by atoms with van der Waals surface area (Å²) in [5, 5.41) is 0. The third-order valence-electron chi connectivity index (χ3n) is 2.65. The van der Waals surface area contributed by atoms with Crippen molar-refractivity contribution in [2.24, 2.45) is 0 Å². The Balaban J connectivity index is -0.000000122. The van der Waals surface area contributed by atoms with Crippen LogP contribution in [0.4, 0.5) is 0 Å². The number of hydrogen-bond acceptors (Lipinski definition) is 0. The molecule has 0 saturated heterocycles. The Bertz CT molecular complexity index is 307. The van der Waals surface area contributed by atoms with Crippen LogP contribution in [0, 0.1) is 0 Å². The minimum absolute atomic E-state index is 0. The van der Waals surface area contributed by atoms with Gasteiger partial charge in [-0.2, -0.15) is 36.4 Å². The Morgan fingerprint density at radius 2 is 0.654 bits per heavy atom. The molecule has 158 valence electrons. The van der Waals surface area contributed by atoms with Crippen molar-refractivity contribution in [1.82, 2.24) is 0 Å². The molecule has 0 nitrogen and oxygen atoms in total. The van der Waals surface area contributed by atoms with Crippen LogP contribution in [0.3, 0.4) is 0 Å². The molecule has 0 heterocycles. The molecule has 2 aromatic rings. The molecule has 0 bridgehead atoms. The molecule has 26 heavy (non-hydrogen) atoms. The molecule has 0 saturated carbocycles. The van der Waals surface area contributed by atoms with E-state index in [-0.39, 0.29) is 33.6 Å². The van der Waals surface area contributed by atoms with E-state index < -0.39 is 0 Å². The van der Waals surface area contributed by atoms with Crippen molar-refractivity contribution in [3.05, 3.63) is 60.7 Å². The molecule has 0 aliphatic carbocycles. The predicted octanol–water partition coefficient (Wildman–Crippen LogP) is 7.23. The largest absolute Gasteiger partial charge is 0.214 e. The first-order chi connectivity index (χ1) is 11.3. The first kappa shape index (κ1) is 34.1. The Labute approximate surface area is 188 Å². The zero-order valence-corrected chi connectivity index (χ0v) is 22.3. The Kier molecular flexibility index (Phi) is 33.5. The van der Waals surface area contributed by atoms with Gasteiger partial charge < -0.3 is 0 Å². The molecule has 2 radical (unpaired) electrons. The summed E-state index contributed by atoms with van der Waals surface area (Å²) in [4.78, 5) is 0. The van der Waals surface area contributed by atoms with Gasteiger partial charge in [-0.25, -0.2) is 24.3 Å². The molecule has 0 fully saturated rings. The van der Waals surface area contributed by atoms with Crippen molar-refractivity contribution < 1.29 is 33.6 Å². The Morgan fingerprint density at radius 1 is 0.462 bits per heavy atom. The van der Waals surface area contributed by atoms with E-state index in [1.807, 2.05) is 60.7 Å². The molecule has 0 amide bonds. The first-order valence-corrected chi connectivity index (χ1v) is 12.0. The van der Waals surface area contributed by atoms with Gasteiger partial charge in [-0.05, 0) is 72.6 Å². The molecule has 4 heteroatoms. The fourth-order valence-electron chi connectivity index (χ4n) is 2.18. The van der Waals surface area contributed by atoms with Crippen molar-refractivity contribution in [3.63, 3.8) is 0 Å². The SMILES string of the molecule is CC(C)[PH2+]C(C)C.CC(C)[PH2+]C(C)C.[Co].[Co].c1cc[cH-]c1.c1cc[cH-]c1. The Hall–Kier alpha value is 0.573. The summed E-state index contributed by atoms with van der Waals surface area (Å²) < 4.78 is 0. The van der Waals surface area contributed by atoms with Crippen molar-refractivity contribution in [2.45, 2.75) is 78.0 Å². The first-order valence-electron chi connectivity index (χ1n) is 9.29. The maximum absolute atomic E-state index is 2.30. The molecule has 0 unspecified atom stereocenters. The van der Waals surface area contributed by atoms with E-state index in [0.717, 1.165) is 22.6 Å². The topological polar surface area (TPSA) is 0 Å². The van der Waals surface area contributed by atoms with Gasteiger partial charge in [0.15, 0.2) is 0 Å². The monoisotopic (exact) mass is 486 g/mol. The maximum Gasteiger partial charge on any atom is 0.0599 e. The summed E-state index contributed by atoms with van der Waals surface area (Å²) in [7, 11) is 1.43. The van der Waals surface area contributed by atoms with E-state index in [2.05, 4.69) is 55.4 Å². The van der Waals surface area contributed by atoms with Gasteiger partial charge in [0.25, 0.3) is 0 Å². The molecular weight excluding hydrogens is 444 g/mol. The van der Waals surface area contributed by atoms with Crippen molar-refractivity contribution in [3.8, 4) is 0 Å². The van der Waals surface area contributed by atoms with E-state index in [9.17, 15) is 0 Å². The van der Waals surface area contributed by atoms with Crippen molar-refractivity contribution in [1.29, 1.82) is 0 Å². The standard InChI is InChI=1S/2C6H15P.2C5H5.2Co/c2*1-5(2)7-6(3)4;2*1-2-4-5-3-1;;/h2*5-7H,1-4H3;2*1-5H;;/q;;2*-1;;/p+2. The van der Waals surface area contributed by atoms with Crippen LogP contribution in [0.25, 0.3) is 0 Å². The predicted molar refractivity (Wildman–Crippen MR) is 124 cm³/mol. The zero-order valence-electron chi connectivity index (χ0n) is 17.9. The molecule has 0 N–H and O–H groups in total. The number of hydrogen-bond donors (Lipinski definition) is 0. The summed E-state index contributed by atoms with van der Waals surface area (Å²) in [5.41, 5.74) is 3.83. The third-order valence-corrected chi connectivity index (χ3v) is 5.73. The fourth-order valence-corrected chi connectivity index (χ4v) is 5.26. The molecular formula is C22H42Co2P2. The fraction of sp³-hybridized carbons (Fsp3) is 0.545. The summed E-state index contributed by atoms with van der Waals surface area (Å²) in [6.45, 7) is 18.4. The number of rotatable bonds is 4.